The zero-order valence-electron chi connectivity index (χ0n) is 11.3. The molecule has 4 heteroatoms. The first-order valence-electron chi connectivity index (χ1n) is 6.73. The van der Waals surface area contributed by atoms with Crippen molar-refractivity contribution in [1.29, 1.82) is 0 Å². The van der Waals surface area contributed by atoms with E-state index in [0.717, 1.165) is 16.7 Å². The zero-order valence-corrected chi connectivity index (χ0v) is 12.1. The summed E-state index contributed by atoms with van der Waals surface area (Å²) >= 11 is 5.87. The molecular formula is C17H14ClNO2. The average Bonchev–Trinajstić information content (AvgIpc) is 2.89. The number of furan rings is 1. The van der Waals surface area contributed by atoms with Crippen molar-refractivity contribution < 1.29 is 9.21 Å². The lowest BCUT2D eigenvalue weighted by Crippen LogP contribution is -2.25. The van der Waals surface area contributed by atoms with Gasteiger partial charge in [0.05, 0.1) is 0 Å². The van der Waals surface area contributed by atoms with E-state index in [0.29, 0.717) is 23.6 Å². The summed E-state index contributed by atoms with van der Waals surface area (Å²) in [4.78, 5) is 12.0. The summed E-state index contributed by atoms with van der Waals surface area (Å²) in [5, 5.41) is 4.49. The number of para-hydroxylation sites is 1. The Hall–Kier alpha value is -2.26. The maximum absolute atomic E-state index is 12.0. The van der Waals surface area contributed by atoms with Gasteiger partial charge in [-0.15, -0.1) is 0 Å². The molecule has 1 heterocycles. The van der Waals surface area contributed by atoms with E-state index in [9.17, 15) is 4.79 Å². The maximum atomic E-state index is 12.0. The Morgan fingerprint density at radius 1 is 1.10 bits per heavy atom. The number of carbonyl (C=O) groups excluding carboxylic acids is 1. The molecule has 3 rings (SSSR count). The molecule has 3 nitrogen and oxygen atoms in total. The van der Waals surface area contributed by atoms with E-state index in [2.05, 4.69) is 5.32 Å². The largest absolute Gasteiger partial charge is 0.461 e. The van der Waals surface area contributed by atoms with E-state index in [4.69, 9.17) is 16.0 Å². The normalized spacial score (nSPS) is 10.7. The lowest BCUT2D eigenvalue weighted by Gasteiger charge is -2.04. The Kier molecular flexibility index (Phi) is 3.93. The number of halogens is 1. The van der Waals surface area contributed by atoms with Gasteiger partial charge < -0.3 is 9.73 Å². The van der Waals surface area contributed by atoms with Crippen LogP contribution in [-0.4, -0.2) is 12.5 Å². The Bertz CT molecular complexity index is 746. The van der Waals surface area contributed by atoms with Gasteiger partial charge in [0, 0.05) is 28.9 Å². The van der Waals surface area contributed by atoms with Crippen molar-refractivity contribution in [3.05, 3.63) is 70.9 Å². The predicted octanol–water partition coefficient (Wildman–Crippen LogP) is 4.06. The topological polar surface area (TPSA) is 42.2 Å². The Labute approximate surface area is 127 Å². The van der Waals surface area contributed by atoms with E-state index in [-0.39, 0.29) is 5.91 Å². The van der Waals surface area contributed by atoms with Gasteiger partial charge in [0.15, 0.2) is 0 Å². The molecule has 106 valence electrons. The summed E-state index contributed by atoms with van der Waals surface area (Å²) in [6.07, 6.45) is 0.654. The molecule has 1 N–H and O–H groups in total. The molecule has 0 aliphatic heterocycles. The van der Waals surface area contributed by atoms with Crippen LogP contribution in [0.25, 0.3) is 11.0 Å². The van der Waals surface area contributed by atoms with E-state index in [1.165, 1.54) is 0 Å². The molecule has 0 radical (unpaired) electrons. The standard InChI is InChI=1S/C17H14ClNO2/c18-14-6-3-5-13(10-14)17(20)19-9-8-15-11-12-4-1-2-7-16(12)21-15/h1-7,10-11H,8-9H2,(H,19,20). The van der Waals surface area contributed by atoms with Gasteiger partial charge >= 0.3 is 0 Å². The van der Waals surface area contributed by atoms with Gasteiger partial charge in [-0.25, -0.2) is 0 Å². The minimum absolute atomic E-state index is 0.131. The quantitative estimate of drug-likeness (QED) is 0.789. The number of hydrogen-bond acceptors (Lipinski definition) is 2. The van der Waals surface area contributed by atoms with Crippen LogP contribution in [0.1, 0.15) is 16.1 Å². The molecule has 1 aromatic heterocycles. The van der Waals surface area contributed by atoms with Gasteiger partial charge in [0.2, 0.25) is 0 Å². The van der Waals surface area contributed by atoms with Crippen LogP contribution in [0.15, 0.2) is 59.0 Å². The summed E-state index contributed by atoms with van der Waals surface area (Å²) in [5.74, 6) is 0.733. The summed E-state index contributed by atoms with van der Waals surface area (Å²) in [7, 11) is 0. The number of nitrogens with one attached hydrogen (secondary N) is 1. The van der Waals surface area contributed by atoms with Gasteiger partial charge in [0.1, 0.15) is 11.3 Å². The van der Waals surface area contributed by atoms with Crippen molar-refractivity contribution in [2.24, 2.45) is 0 Å². The highest BCUT2D eigenvalue weighted by atomic mass is 35.5. The van der Waals surface area contributed by atoms with E-state index >= 15 is 0 Å². The SMILES string of the molecule is O=C(NCCc1cc2ccccc2o1)c1cccc(Cl)c1. The molecule has 21 heavy (non-hydrogen) atoms. The summed E-state index contributed by atoms with van der Waals surface area (Å²) in [6, 6.07) is 16.7. The van der Waals surface area contributed by atoms with Gasteiger partial charge in [-0.05, 0) is 30.3 Å². The molecule has 0 fully saturated rings. The Morgan fingerprint density at radius 2 is 1.95 bits per heavy atom. The minimum atomic E-state index is -0.131. The van der Waals surface area contributed by atoms with E-state index < -0.39 is 0 Å². The summed E-state index contributed by atoms with van der Waals surface area (Å²) < 4.78 is 5.70. The first-order chi connectivity index (χ1) is 10.2. The molecule has 0 saturated heterocycles. The number of benzene rings is 2. The summed E-state index contributed by atoms with van der Waals surface area (Å²) in [6.45, 7) is 0.519. The predicted molar refractivity (Wildman–Crippen MR) is 83.7 cm³/mol. The number of hydrogen-bond donors (Lipinski definition) is 1. The number of rotatable bonds is 4. The van der Waals surface area contributed by atoms with Gasteiger partial charge in [0.25, 0.3) is 5.91 Å². The maximum Gasteiger partial charge on any atom is 0.251 e. The smallest absolute Gasteiger partial charge is 0.251 e. The fourth-order valence-electron chi connectivity index (χ4n) is 2.19. The molecule has 1 amide bonds. The second kappa shape index (κ2) is 6.02. The van der Waals surface area contributed by atoms with Crippen LogP contribution in [0.2, 0.25) is 5.02 Å². The van der Waals surface area contributed by atoms with Crippen LogP contribution in [0.4, 0.5) is 0 Å². The monoisotopic (exact) mass is 299 g/mol. The first kappa shape index (κ1) is 13.7. The van der Waals surface area contributed by atoms with Crippen molar-refractivity contribution in [2.75, 3.05) is 6.54 Å². The molecule has 0 atom stereocenters. The fourth-order valence-corrected chi connectivity index (χ4v) is 2.38. The van der Waals surface area contributed by atoms with E-state index in [1.807, 2.05) is 30.3 Å². The Balaban J connectivity index is 1.59. The lowest BCUT2D eigenvalue weighted by molar-refractivity contribution is 0.0954. The highest BCUT2D eigenvalue weighted by molar-refractivity contribution is 6.30. The van der Waals surface area contributed by atoms with Gasteiger partial charge in [-0.2, -0.15) is 0 Å². The molecule has 0 unspecified atom stereocenters. The third-order valence-electron chi connectivity index (χ3n) is 3.22. The number of fused-ring (bicyclic) bond motifs is 1. The number of carbonyl (C=O) groups is 1. The lowest BCUT2D eigenvalue weighted by atomic mass is 10.2. The van der Waals surface area contributed by atoms with Crippen LogP contribution in [-0.2, 0) is 6.42 Å². The molecule has 2 aromatic carbocycles. The molecule has 0 aliphatic rings. The molecule has 0 spiro atoms. The Morgan fingerprint density at radius 3 is 2.76 bits per heavy atom. The van der Waals surface area contributed by atoms with Crippen LogP contribution >= 0.6 is 11.6 Å². The highest BCUT2D eigenvalue weighted by Crippen LogP contribution is 2.18. The molecule has 0 bridgehead atoms. The van der Waals surface area contributed by atoms with Crippen LogP contribution in [0.5, 0.6) is 0 Å². The van der Waals surface area contributed by atoms with Crippen molar-refractivity contribution in [2.45, 2.75) is 6.42 Å². The van der Waals surface area contributed by atoms with Crippen LogP contribution in [0.3, 0.4) is 0 Å². The van der Waals surface area contributed by atoms with E-state index in [1.54, 1.807) is 24.3 Å². The average molecular weight is 300 g/mol. The van der Waals surface area contributed by atoms with Crippen molar-refractivity contribution >= 4 is 28.5 Å². The summed E-state index contributed by atoms with van der Waals surface area (Å²) in [5.41, 5.74) is 1.43. The van der Waals surface area contributed by atoms with Gasteiger partial charge in [-0.3, -0.25) is 4.79 Å². The third kappa shape index (κ3) is 3.26. The molecule has 3 aromatic rings. The molecule has 0 saturated carbocycles. The van der Waals surface area contributed by atoms with Crippen molar-refractivity contribution in [1.82, 2.24) is 5.32 Å². The minimum Gasteiger partial charge on any atom is -0.461 e. The second-order valence-electron chi connectivity index (χ2n) is 4.77. The fraction of sp³-hybridized carbons (Fsp3) is 0.118. The van der Waals surface area contributed by atoms with Crippen molar-refractivity contribution in [3.8, 4) is 0 Å². The van der Waals surface area contributed by atoms with Crippen LogP contribution in [0, 0.1) is 0 Å². The van der Waals surface area contributed by atoms with Crippen molar-refractivity contribution in [3.63, 3.8) is 0 Å². The highest BCUT2D eigenvalue weighted by Gasteiger charge is 2.07. The third-order valence-corrected chi connectivity index (χ3v) is 3.46. The van der Waals surface area contributed by atoms with Crippen LogP contribution < -0.4 is 5.32 Å². The number of amides is 1. The molecule has 0 aliphatic carbocycles. The first-order valence-corrected chi connectivity index (χ1v) is 7.11. The van der Waals surface area contributed by atoms with Gasteiger partial charge in [-0.1, -0.05) is 35.9 Å². The molecular weight excluding hydrogens is 286 g/mol. The second-order valence-corrected chi connectivity index (χ2v) is 5.20. The zero-order chi connectivity index (χ0) is 14.7.